The van der Waals surface area contributed by atoms with Crippen LogP contribution in [0.1, 0.15) is 21.6 Å². The summed E-state index contributed by atoms with van der Waals surface area (Å²) >= 11 is 0. The lowest BCUT2D eigenvalue weighted by Crippen LogP contribution is -2.33. The van der Waals surface area contributed by atoms with E-state index in [9.17, 15) is 4.79 Å². The number of anilines is 1. The minimum absolute atomic E-state index is 0.0369. The monoisotopic (exact) mass is 267 g/mol. The minimum atomic E-state index is -0.0369. The number of rotatable bonds is 1. The number of carbonyl (C=O) groups excluding carboxylic acids is 1. The number of nitrogens with two attached hydrogens (primary N) is 1. The molecule has 0 fully saturated rings. The number of carbonyl (C=O) groups is 1. The van der Waals surface area contributed by atoms with Crippen molar-refractivity contribution in [3.05, 3.63) is 59.4 Å². The molecule has 0 saturated carbocycles. The van der Waals surface area contributed by atoms with Crippen LogP contribution in [0.25, 0.3) is 0 Å². The Balaban J connectivity index is 1.78. The first-order chi connectivity index (χ1) is 9.74. The lowest BCUT2D eigenvalue weighted by Gasteiger charge is -2.19. The summed E-state index contributed by atoms with van der Waals surface area (Å²) in [6, 6.07) is 11.7. The summed E-state index contributed by atoms with van der Waals surface area (Å²) in [4.78, 5) is 18.4. The molecular formula is C16H17N3O. The van der Waals surface area contributed by atoms with Crippen molar-refractivity contribution in [3.8, 4) is 0 Å². The second kappa shape index (κ2) is 5.33. The van der Waals surface area contributed by atoms with Crippen LogP contribution in [0.3, 0.4) is 0 Å². The zero-order chi connectivity index (χ0) is 13.9. The van der Waals surface area contributed by atoms with Gasteiger partial charge in [-0.05, 0) is 36.1 Å². The van der Waals surface area contributed by atoms with Gasteiger partial charge in [-0.1, -0.05) is 24.3 Å². The molecule has 0 unspecified atom stereocenters. The summed E-state index contributed by atoms with van der Waals surface area (Å²) < 4.78 is 0. The smallest absolute Gasteiger partial charge is 0.272 e. The molecule has 1 aliphatic heterocycles. The molecule has 2 heterocycles. The van der Waals surface area contributed by atoms with Gasteiger partial charge in [0.05, 0.1) is 0 Å². The highest BCUT2D eigenvalue weighted by molar-refractivity contribution is 5.93. The fraction of sp³-hybridized carbons (Fsp3) is 0.250. The van der Waals surface area contributed by atoms with Gasteiger partial charge in [0.25, 0.3) is 5.91 Å². The number of hydrogen-bond donors (Lipinski definition) is 1. The van der Waals surface area contributed by atoms with E-state index in [1.54, 1.807) is 18.3 Å². The Bertz CT molecular complexity index is 612. The summed E-state index contributed by atoms with van der Waals surface area (Å²) in [5, 5.41) is 0. The number of nitrogen functional groups attached to an aromatic ring is 1. The van der Waals surface area contributed by atoms with Gasteiger partial charge in [0.15, 0.2) is 0 Å². The third kappa shape index (κ3) is 2.50. The van der Waals surface area contributed by atoms with Crippen molar-refractivity contribution in [2.45, 2.75) is 12.8 Å². The fourth-order valence-electron chi connectivity index (χ4n) is 2.60. The largest absolute Gasteiger partial charge is 0.399 e. The lowest BCUT2D eigenvalue weighted by molar-refractivity contribution is 0.0757. The standard InChI is InChI=1S/C16H17N3O/c17-14-5-8-18-15(11-14)16(20)19-9-6-12-3-1-2-4-13(12)7-10-19/h1-5,8,11H,6-7,9-10H2,(H2,17,18). The van der Waals surface area contributed by atoms with E-state index in [4.69, 9.17) is 5.73 Å². The van der Waals surface area contributed by atoms with E-state index < -0.39 is 0 Å². The van der Waals surface area contributed by atoms with Crippen molar-refractivity contribution in [1.82, 2.24) is 9.88 Å². The highest BCUT2D eigenvalue weighted by atomic mass is 16.2. The predicted molar refractivity (Wildman–Crippen MR) is 78.4 cm³/mol. The summed E-state index contributed by atoms with van der Waals surface area (Å²) in [5.41, 5.74) is 9.39. The van der Waals surface area contributed by atoms with Gasteiger partial charge in [-0.2, -0.15) is 0 Å². The molecule has 1 amide bonds. The molecule has 2 aromatic rings. The van der Waals surface area contributed by atoms with Gasteiger partial charge in [0.1, 0.15) is 5.69 Å². The van der Waals surface area contributed by atoms with Gasteiger partial charge >= 0.3 is 0 Å². The van der Waals surface area contributed by atoms with Gasteiger partial charge in [-0.3, -0.25) is 9.78 Å². The molecular weight excluding hydrogens is 250 g/mol. The molecule has 102 valence electrons. The average Bonchev–Trinajstić information content (AvgIpc) is 2.69. The van der Waals surface area contributed by atoms with E-state index in [-0.39, 0.29) is 5.91 Å². The van der Waals surface area contributed by atoms with Crippen molar-refractivity contribution < 1.29 is 4.79 Å². The number of hydrogen-bond acceptors (Lipinski definition) is 3. The summed E-state index contributed by atoms with van der Waals surface area (Å²) in [6.07, 6.45) is 3.36. The second-order valence-electron chi connectivity index (χ2n) is 5.04. The SMILES string of the molecule is Nc1ccnc(C(=O)N2CCc3ccccc3CC2)c1. The molecule has 2 N–H and O–H groups in total. The molecule has 4 nitrogen and oxygen atoms in total. The van der Waals surface area contributed by atoms with Crippen molar-refractivity contribution >= 4 is 11.6 Å². The van der Waals surface area contributed by atoms with Crippen LogP contribution in [0, 0.1) is 0 Å². The first kappa shape index (κ1) is 12.7. The average molecular weight is 267 g/mol. The molecule has 0 radical (unpaired) electrons. The van der Waals surface area contributed by atoms with E-state index in [0.717, 1.165) is 25.9 Å². The maximum absolute atomic E-state index is 12.5. The Labute approximate surface area is 118 Å². The van der Waals surface area contributed by atoms with Crippen LogP contribution in [0.15, 0.2) is 42.6 Å². The van der Waals surface area contributed by atoms with E-state index in [2.05, 4.69) is 29.2 Å². The van der Waals surface area contributed by atoms with Crippen molar-refractivity contribution in [1.29, 1.82) is 0 Å². The number of fused-ring (bicyclic) bond motifs is 1. The third-order valence-corrected chi connectivity index (χ3v) is 3.71. The van der Waals surface area contributed by atoms with E-state index in [1.165, 1.54) is 11.1 Å². The minimum Gasteiger partial charge on any atom is -0.399 e. The van der Waals surface area contributed by atoms with Gasteiger partial charge in [-0.25, -0.2) is 0 Å². The molecule has 0 bridgehead atoms. The van der Waals surface area contributed by atoms with Gasteiger partial charge in [-0.15, -0.1) is 0 Å². The topological polar surface area (TPSA) is 59.2 Å². The highest BCUT2D eigenvalue weighted by Crippen LogP contribution is 2.17. The Morgan fingerprint density at radius 1 is 1.10 bits per heavy atom. The van der Waals surface area contributed by atoms with Crippen LogP contribution in [0.2, 0.25) is 0 Å². The van der Waals surface area contributed by atoms with Crippen molar-refractivity contribution in [3.63, 3.8) is 0 Å². The van der Waals surface area contributed by atoms with Crippen LogP contribution in [0.5, 0.6) is 0 Å². The Morgan fingerprint density at radius 2 is 1.75 bits per heavy atom. The molecule has 0 atom stereocenters. The molecule has 1 aromatic heterocycles. The van der Waals surface area contributed by atoms with Crippen LogP contribution in [0.4, 0.5) is 5.69 Å². The molecule has 20 heavy (non-hydrogen) atoms. The zero-order valence-electron chi connectivity index (χ0n) is 11.2. The summed E-state index contributed by atoms with van der Waals surface area (Å²) in [7, 11) is 0. The van der Waals surface area contributed by atoms with Crippen LogP contribution < -0.4 is 5.73 Å². The Hall–Kier alpha value is -2.36. The first-order valence-electron chi connectivity index (χ1n) is 6.81. The summed E-state index contributed by atoms with van der Waals surface area (Å²) in [6.45, 7) is 1.46. The number of pyridine rings is 1. The van der Waals surface area contributed by atoms with Crippen LogP contribution >= 0.6 is 0 Å². The van der Waals surface area contributed by atoms with E-state index >= 15 is 0 Å². The van der Waals surface area contributed by atoms with E-state index in [1.807, 2.05) is 4.90 Å². The zero-order valence-corrected chi connectivity index (χ0v) is 11.2. The number of nitrogens with zero attached hydrogens (tertiary/aromatic N) is 2. The number of aromatic nitrogens is 1. The molecule has 1 aliphatic rings. The molecule has 0 saturated heterocycles. The molecule has 0 spiro atoms. The number of amides is 1. The third-order valence-electron chi connectivity index (χ3n) is 3.71. The van der Waals surface area contributed by atoms with Gasteiger partial charge < -0.3 is 10.6 Å². The maximum Gasteiger partial charge on any atom is 0.272 e. The van der Waals surface area contributed by atoms with E-state index in [0.29, 0.717) is 11.4 Å². The molecule has 4 heteroatoms. The highest BCUT2D eigenvalue weighted by Gasteiger charge is 2.20. The second-order valence-corrected chi connectivity index (χ2v) is 5.04. The Kier molecular flexibility index (Phi) is 3.37. The molecule has 1 aromatic carbocycles. The van der Waals surface area contributed by atoms with Crippen molar-refractivity contribution in [2.24, 2.45) is 0 Å². The van der Waals surface area contributed by atoms with Crippen molar-refractivity contribution in [2.75, 3.05) is 18.8 Å². The lowest BCUT2D eigenvalue weighted by atomic mass is 10.0. The quantitative estimate of drug-likeness (QED) is 0.858. The number of benzene rings is 1. The fourth-order valence-corrected chi connectivity index (χ4v) is 2.60. The van der Waals surface area contributed by atoms with Gasteiger partial charge in [0, 0.05) is 25.0 Å². The normalized spacial score (nSPS) is 14.5. The Morgan fingerprint density at radius 3 is 2.35 bits per heavy atom. The van der Waals surface area contributed by atoms with Crippen LogP contribution in [-0.2, 0) is 12.8 Å². The molecule has 0 aliphatic carbocycles. The summed E-state index contributed by atoms with van der Waals surface area (Å²) in [5.74, 6) is -0.0369. The predicted octanol–water partition coefficient (Wildman–Crippen LogP) is 1.90. The van der Waals surface area contributed by atoms with Gasteiger partial charge in [0.2, 0.25) is 0 Å². The first-order valence-corrected chi connectivity index (χ1v) is 6.81. The maximum atomic E-state index is 12.5. The molecule has 3 rings (SSSR count). The van der Waals surface area contributed by atoms with Crippen LogP contribution in [-0.4, -0.2) is 28.9 Å².